The second-order valence-electron chi connectivity index (χ2n) is 5.48. The number of hydrogen-bond acceptors (Lipinski definition) is 4. The highest BCUT2D eigenvalue weighted by molar-refractivity contribution is 7.98. The molecule has 1 aromatic rings. The van der Waals surface area contributed by atoms with Gasteiger partial charge in [0.2, 0.25) is 11.8 Å². The molecule has 0 unspecified atom stereocenters. The standard InChI is InChI=1S/C16H24FN3O2S.ClH/c1-11(2)15(18)16(22)20-9-14(21)19-7-8-23-10-12-5-3-4-6-13(12)17;/h3-6,11,15H,7-10,18H2,1-2H3,(H,19,21)(H,20,22);1H/t15-;/m0./s1. The molecule has 1 atom stereocenters. The van der Waals surface area contributed by atoms with E-state index in [-0.39, 0.29) is 42.5 Å². The molecule has 0 fully saturated rings. The first-order valence-corrected chi connectivity index (χ1v) is 8.68. The summed E-state index contributed by atoms with van der Waals surface area (Å²) in [5.41, 5.74) is 6.33. The number of carbonyl (C=O) groups is 2. The first kappa shape index (κ1) is 22.7. The number of rotatable bonds is 9. The fourth-order valence-electron chi connectivity index (χ4n) is 1.71. The van der Waals surface area contributed by atoms with Crippen molar-refractivity contribution in [2.24, 2.45) is 11.7 Å². The number of carbonyl (C=O) groups excluding carboxylic acids is 2. The van der Waals surface area contributed by atoms with Crippen molar-refractivity contribution in [2.75, 3.05) is 18.8 Å². The maximum absolute atomic E-state index is 13.4. The summed E-state index contributed by atoms with van der Waals surface area (Å²) < 4.78 is 13.4. The average molecular weight is 378 g/mol. The summed E-state index contributed by atoms with van der Waals surface area (Å²) in [6.45, 7) is 4.06. The van der Waals surface area contributed by atoms with Crippen LogP contribution in [0.1, 0.15) is 19.4 Å². The monoisotopic (exact) mass is 377 g/mol. The van der Waals surface area contributed by atoms with E-state index in [1.165, 1.54) is 17.8 Å². The molecule has 8 heteroatoms. The van der Waals surface area contributed by atoms with Crippen molar-refractivity contribution >= 4 is 36.0 Å². The molecule has 0 aromatic heterocycles. The number of hydrogen-bond donors (Lipinski definition) is 3. The number of benzene rings is 1. The van der Waals surface area contributed by atoms with E-state index in [0.717, 1.165) is 0 Å². The highest BCUT2D eigenvalue weighted by Crippen LogP contribution is 2.14. The van der Waals surface area contributed by atoms with Crippen molar-refractivity contribution in [2.45, 2.75) is 25.6 Å². The summed E-state index contributed by atoms with van der Waals surface area (Å²) in [7, 11) is 0. The van der Waals surface area contributed by atoms with Crippen LogP contribution >= 0.6 is 24.2 Å². The molecule has 0 aliphatic heterocycles. The second kappa shape index (κ2) is 12.1. The van der Waals surface area contributed by atoms with Crippen molar-refractivity contribution in [3.8, 4) is 0 Å². The van der Waals surface area contributed by atoms with Gasteiger partial charge in [0.25, 0.3) is 0 Å². The van der Waals surface area contributed by atoms with Gasteiger partial charge in [-0.15, -0.1) is 12.4 Å². The van der Waals surface area contributed by atoms with Crippen LogP contribution in [0.5, 0.6) is 0 Å². The van der Waals surface area contributed by atoms with Gasteiger partial charge in [-0.2, -0.15) is 11.8 Å². The quantitative estimate of drug-likeness (QED) is 0.572. The Morgan fingerprint density at radius 3 is 2.54 bits per heavy atom. The smallest absolute Gasteiger partial charge is 0.239 e. The molecule has 0 bridgehead atoms. The molecule has 5 nitrogen and oxygen atoms in total. The number of nitrogens with two attached hydrogens (primary N) is 1. The normalized spacial score (nSPS) is 11.5. The molecule has 0 spiro atoms. The van der Waals surface area contributed by atoms with Gasteiger partial charge in [-0.25, -0.2) is 4.39 Å². The van der Waals surface area contributed by atoms with E-state index in [1.807, 2.05) is 13.8 Å². The van der Waals surface area contributed by atoms with Crippen LogP contribution in [0.2, 0.25) is 0 Å². The lowest BCUT2D eigenvalue weighted by molar-refractivity contribution is -0.127. The van der Waals surface area contributed by atoms with Crippen LogP contribution in [0.25, 0.3) is 0 Å². The van der Waals surface area contributed by atoms with Crippen molar-refractivity contribution in [1.29, 1.82) is 0 Å². The third kappa shape index (κ3) is 8.52. The minimum absolute atomic E-state index is 0. The third-order valence-corrected chi connectivity index (χ3v) is 4.24. The van der Waals surface area contributed by atoms with Crippen LogP contribution in [0.3, 0.4) is 0 Å². The molecule has 0 aliphatic rings. The van der Waals surface area contributed by atoms with Crippen molar-refractivity contribution < 1.29 is 14.0 Å². The van der Waals surface area contributed by atoms with Crippen LogP contribution < -0.4 is 16.4 Å². The molecule has 4 N–H and O–H groups in total. The van der Waals surface area contributed by atoms with E-state index >= 15 is 0 Å². The first-order valence-electron chi connectivity index (χ1n) is 7.53. The summed E-state index contributed by atoms with van der Waals surface area (Å²) in [6.07, 6.45) is 0. The summed E-state index contributed by atoms with van der Waals surface area (Å²) in [6, 6.07) is 6.02. The van der Waals surface area contributed by atoms with Crippen LogP contribution in [-0.2, 0) is 15.3 Å². The van der Waals surface area contributed by atoms with Crippen molar-refractivity contribution in [3.63, 3.8) is 0 Å². The number of halogens is 2. The number of nitrogens with one attached hydrogen (secondary N) is 2. The van der Waals surface area contributed by atoms with E-state index in [4.69, 9.17) is 5.73 Å². The minimum atomic E-state index is -0.612. The van der Waals surface area contributed by atoms with Gasteiger partial charge in [0.15, 0.2) is 0 Å². The van der Waals surface area contributed by atoms with Crippen molar-refractivity contribution in [3.05, 3.63) is 35.6 Å². The first-order chi connectivity index (χ1) is 10.9. The lowest BCUT2D eigenvalue weighted by atomic mass is 10.1. The number of thioether (sulfide) groups is 1. The fraction of sp³-hybridized carbons (Fsp3) is 0.500. The molecule has 136 valence electrons. The molecule has 0 aliphatic carbocycles. The van der Waals surface area contributed by atoms with Gasteiger partial charge in [0, 0.05) is 18.1 Å². The topological polar surface area (TPSA) is 84.2 Å². The Bertz CT molecular complexity index is 532. The van der Waals surface area contributed by atoms with Crippen LogP contribution in [-0.4, -0.2) is 36.7 Å². The summed E-state index contributed by atoms with van der Waals surface area (Å²) in [5, 5.41) is 5.20. The Morgan fingerprint density at radius 1 is 1.25 bits per heavy atom. The number of amides is 2. The van der Waals surface area contributed by atoms with Crippen molar-refractivity contribution in [1.82, 2.24) is 10.6 Å². The predicted octanol–water partition coefficient (Wildman–Crippen LogP) is 1.70. The second-order valence-corrected chi connectivity index (χ2v) is 6.59. The van der Waals surface area contributed by atoms with Gasteiger partial charge in [-0.1, -0.05) is 32.0 Å². The largest absolute Gasteiger partial charge is 0.354 e. The maximum atomic E-state index is 13.4. The molecule has 1 rings (SSSR count). The highest BCUT2D eigenvalue weighted by atomic mass is 35.5. The zero-order valence-electron chi connectivity index (χ0n) is 13.9. The van der Waals surface area contributed by atoms with Gasteiger partial charge in [-0.05, 0) is 17.5 Å². The van der Waals surface area contributed by atoms with Crippen LogP contribution in [0.15, 0.2) is 24.3 Å². The van der Waals surface area contributed by atoms with E-state index in [2.05, 4.69) is 10.6 Å². The Balaban J connectivity index is 0.00000529. The third-order valence-electron chi connectivity index (χ3n) is 3.23. The Hall–Kier alpha value is -1.31. The molecule has 0 radical (unpaired) electrons. The van der Waals surface area contributed by atoms with Gasteiger partial charge in [0.05, 0.1) is 12.6 Å². The van der Waals surface area contributed by atoms with E-state index in [0.29, 0.717) is 23.6 Å². The lowest BCUT2D eigenvalue weighted by Gasteiger charge is -2.15. The molecule has 1 aromatic carbocycles. The predicted molar refractivity (Wildman–Crippen MR) is 98.6 cm³/mol. The molecular weight excluding hydrogens is 353 g/mol. The zero-order chi connectivity index (χ0) is 17.2. The maximum Gasteiger partial charge on any atom is 0.239 e. The SMILES string of the molecule is CC(C)[C@H](N)C(=O)NCC(=O)NCCSCc1ccccc1F.Cl. The minimum Gasteiger partial charge on any atom is -0.354 e. The molecule has 0 heterocycles. The molecular formula is C16H25ClFN3O2S. The highest BCUT2D eigenvalue weighted by Gasteiger charge is 2.17. The van der Waals surface area contributed by atoms with E-state index in [1.54, 1.807) is 18.2 Å². The molecule has 0 saturated heterocycles. The summed E-state index contributed by atoms with van der Waals surface area (Å²) in [5.74, 6) is 0.438. The molecule has 2 amide bonds. The van der Waals surface area contributed by atoms with Gasteiger partial charge in [-0.3, -0.25) is 9.59 Å². The van der Waals surface area contributed by atoms with E-state index in [9.17, 15) is 14.0 Å². The van der Waals surface area contributed by atoms with Gasteiger partial charge >= 0.3 is 0 Å². The zero-order valence-corrected chi connectivity index (χ0v) is 15.5. The van der Waals surface area contributed by atoms with Gasteiger partial charge in [0.1, 0.15) is 5.82 Å². The Labute approximate surface area is 152 Å². The fourth-order valence-corrected chi connectivity index (χ4v) is 2.56. The summed E-state index contributed by atoms with van der Waals surface area (Å²) >= 11 is 1.53. The lowest BCUT2D eigenvalue weighted by Crippen LogP contribution is -2.47. The van der Waals surface area contributed by atoms with E-state index < -0.39 is 6.04 Å². The Morgan fingerprint density at radius 2 is 1.92 bits per heavy atom. The van der Waals surface area contributed by atoms with Gasteiger partial charge < -0.3 is 16.4 Å². The molecule has 24 heavy (non-hydrogen) atoms. The average Bonchev–Trinajstić information content (AvgIpc) is 2.53. The van der Waals surface area contributed by atoms with Crippen LogP contribution in [0, 0.1) is 11.7 Å². The Kier molecular flexibility index (Phi) is 11.4. The summed E-state index contributed by atoms with van der Waals surface area (Å²) in [4.78, 5) is 23.2. The van der Waals surface area contributed by atoms with Crippen LogP contribution in [0.4, 0.5) is 4.39 Å². The molecule has 0 saturated carbocycles.